The van der Waals surface area contributed by atoms with E-state index in [1.165, 1.54) is 6.07 Å². The maximum Gasteiger partial charge on any atom is 0.420 e. The van der Waals surface area contributed by atoms with Crippen molar-refractivity contribution in [1.29, 1.82) is 5.26 Å². The minimum atomic E-state index is -5.56. The summed E-state index contributed by atoms with van der Waals surface area (Å²) in [6.07, 6.45) is -23.7. The Hall–Kier alpha value is -3.97. The van der Waals surface area contributed by atoms with Crippen molar-refractivity contribution >= 4 is 11.9 Å². The first-order chi connectivity index (χ1) is 18.5. The van der Waals surface area contributed by atoms with Gasteiger partial charge in [-0.25, -0.2) is 0 Å². The molecule has 0 aliphatic carbocycles. The van der Waals surface area contributed by atoms with Crippen molar-refractivity contribution in [3.05, 3.63) is 57.6 Å². The zero-order valence-electron chi connectivity index (χ0n) is 20.4. The van der Waals surface area contributed by atoms with E-state index in [0.29, 0.717) is 6.92 Å². The van der Waals surface area contributed by atoms with E-state index >= 15 is 0 Å². The first-order valence-corrected chi connectivity index (χ1v) is 10.9. The van der Waals surface area contributed by atoms with Crippen LogP contribution in [0.15, 0.2) is 24.3 Å². The summed E-state index contributed by atoms with van der Waals surface area (Å²) in [6.45, 7) is 1.54. The van der Waals surface area contributed by atoms with Crippen LogP contribution in [-0.4, -0.2) is 11.9 Å². The summed E-state index contributed by atoms with van der Waals surface area (Å²) in [5, 5.41) is 8.78. The largest absolute Gasteiger partial charge is 0.425 e. The van der Waals surface area contributed by atoms with E-state index in [9.17, 15) is 62.3 Å². The smallest absolute Gasteiger partial charge is 0.420 e. The Kier molecular flexibility index (Phi) is 9.32. The fourth-order valence-electron chi connectivity index (χ4n) is 3.47. The summed E-state index contributed by atoms with van der Waals surface area (Å²) in [6, 6.07) is 1.55. The number of halogens is 12. The van der Waals surface area contributed by atoms with Gasteiger partial charge in [0, 0.05) is 6.42 Å². The predicted octanol–water partition coefficient (Wildman–Crippen LogP) is 7.81. The minimum absolute atomic E-state index is 0.165. The number of aryl methyl sites for hydroxylation is 2. The van der Waals surface area contributed by atoms with Gasteiger partial charge >= 0.3 is 36.6 Å². The average Bonchev–Trinajstić information content (AvgIpc) is 2.78. The molecule has 5 nitrogen and oxygen atoms in total. The second-order valence-electron chi connectivity index (χ2n) is 8.44. The molecule has 2 aromatic carbocycles. The van der Waals surface area contributed by atoms with Gasteiger partial charge in [-0.3, -0.25) is 9.59 Å². The Morgan fingerprint density at radius 3 is 1.51 bits per heavy atom. The zero-order valence-corrected chi connectivity index (χ0v) is 20.4. The van der Waals surface area contributed by atoms with Gasteiger partial charge in [-0.15, -0.1) is 0 Å². The molecule has 0 bridgehead atoms. The van der Waals surface area contributed by atoms with E-state index in [1.54, 1.807) is 0 Å². The number of alkyl halides is 12. The lowest BCUT2D eigenvalue weighted by atomic mass is 10.0. The normalized spacial score (nSPS) is 13.4. The Labute approximate surface area is 222 Å². The van der Waals surface area contributed by atoms with Crippen molar-refractivity contribution in [2.45, 2.75) is 51.4 Å². The van der Waals surface area contributed by atoms with Gasteiger partial charge < -0.3 is 9.47 Å². The summed E-state index contributed by atoms with van der Waals surface area (Å²) in [5.74, 6) is -10.4. The SMILES string of the molecule is Cc1cc(C(F)(F)F)c(OC(=O)C(CCC#N)C(=O)Oc2c(C)cc(C(F)(F)F)cc2C(F)(F)F)c(C(F)(F)F)c1. The van der Waals surface area contributed by atoms with Crippen LogP contribution in [0.5, 0.6) is 11.5 Å². The number of carbonyl (C=O) groups excluding carboxylic acids is 2. The van der Waals surface area contributed by atoms with Gasteiger partial charge in [-0.2, -0.15) is 57.9 Å². The first kappa shape index (κ1) is 33.2. The van der Waals surface area contributed by atoms with Crippen molar-refractivity contribution in [2.24, 2.45) is 5.92 Å². The molecule has 0 aliphatic rings. The molecule has 0 aliphatic heterocycles. The molecule has 41 heavy (non-hydrogen) atoms. The summed E-state index contributed by atoms with van der Waals surface area (Å²) in [4.78, 5) is 25.4. The summed E-state index contributed by atoms with van der Waals surface area (Å²) >= 11 is 0. The molecule has 0 spiro atoms. The Morgan fingerprint density at radius 1 is 0.707 bits per heavy atom. The monoisotopic (exact) mass is 609 g/mol. The highest BCUT2D eigenvalue weighted by molar-refractivity contribution is 5.97. The van der Waals surface area contributed by atoms with Crippen LogP contribution in [-0.2, 0) is 34.3 Å². The predicted molar refractivity (Wildman–Crippen MR) is 112 cm³/mol. The van der Waals surface area contributed by atoms with Crippen molar-refractivity contribution < 1.29 is 71.7 Å². The fraction of sp³-hybridized carbons (Fsp3) is 0.375. The fourth-order valence-corrected chi connectivity index (χ4v) is 3.47. The number of benzene rings is 2. The van der Waals surface area contributed by atoms with E-state index in [2.05, 4.69) is 9.47 Å². The molecule has 0 heterocycles. The van der Waals surface area contributed by atoms with Crippen LogP contribution in [0.25, 0.3) is 0 Å². The van der Waals surface area contributed by atoms with Crippen molar-refractivity contribution in [1.82, 2.24) is 0 Å². The quantitative estimate of drug-likeness (QED) is 0.145. The van der Waals surface area contributed by atoms with Gasteiger partial charge in [-0.05, 0) is 55.7 Å². The van der Waals surface area contributed by atoms with E-state index in [1.807, 2.05) is 0 Å². The maximum absolute atomic E-state index is 13.5. The minimum Gasteiger partial charge on any atom is -0.425 e. The highest BCUT2D eigenvalue weighted by Crippen LogP contribution is 2.46. The van der Waals surface area contributed by atoms with Crippen LogP contribution in [0, 0.1) is 31.1 Å². The highest BCUT2D eigenvalue weighted by Gasteiger charge is 2.45. The topological polar surface area (TPSA) is 76.4 Å². The van der Waals surface area contributed by atoms with Crippen LogP contribution in [0.3, 0.4) is 0 Å². The molecule has 0 saturated heterocycles. The molecule has 17 heteroatoms. The summed E-state index contributed by atoms with van der Waals surface area (Å²) < 4.78 is 170. The number of hydrogen-bond donors (Lipinski definition) is 0. The lowest BCUT2D eigenvalue weighted by Gasteiger charge is -2.22. The third kappa shape index (κ3) is 8.04. The first-order valence-electron chi connectivity index (χ1n) is 10.9. The van der Waals surface area contributed by atoms with E-state index in [4.69, 9.17) is 5.26 Å². The molecular weight excluding hydrogens is 594 g/mol. The van der Waals surface area contributed by atoms with Gasteiger partial charge in [0.05, 0.1) is 28.3 Å². The number of carbonyl (C=O) groups is 2. The van der Waals surface area contributed by atoms with Gasteiger partial charge in [0.1, 0.15) is 5.75 Å². The van der Waals surface area contributed by atoms with Crippen LogP contribution in [0.1, 0.15) is 46.2 Å². The van der Waals surface area contributed by atoms with Gasteiger partial charge in [0.15, 0.2) is 11.7 Å². The third-order valence-electron chi connectivity index (χ3n) is 5.27. The average molecular weight is 609 g/mol. The zero-order chi connectivity index (χ0) is 31.7. The van der Waals surface area contributed by atoms with Crippen LogP contribution < -0.4 is 9.47 Å². The number of nitriles is 1. The molecule has 0 saturated carbocycles. The van der Waals surface area contributed by atoms with Crippen LogP contribution in [0.2, 0.25) is 0 Å². The summed E-state index contributed by atoms with van der Waals surface area (Å²) in [5.41, 5.74) is -9.54. The standard InChI is InChI=1S/C24H15F12NO4/c1-10-6-14(22(28,29)30)18(15(7-10)23(31,32)33)41-20(39)13(4-3-5-37)19(38)40-17-11(2)8-12(21(25,26)27)9-16(17)24(34,35)36/h6-9,13H,3-4H2,1-2H3. The number of esters is 2. The second-order valence-corrected chi connectivity index (χ2v) is 8.44. The molecule has 1 atom stereocenters. The van der Waals surface area contributed by atoms with Gasteiger partial charge in [0.2, 0.25) is 0 Å². The number of hydrogen-bond acceptors (Lipinski definition) is 5. The van der Waals surface area contributed by atoms with Gasteiger partial charge in [0.25, 0.3) is 0 Å². The Morgan fingerprint density at radius 2 is 1.12 bits per heavy atom. The lowest BCUT2D eigenvalue weighted by Crippen LogP contribution is -2.33. The van der Waals surface area contributed by atoms with Crippen LogP contribution >= 0.6 is 0 Å². The number of ether oxygens (including phenoxy) is 2. The van der Waals surface area contributed by atoms with Crippen molar-refractivity contribution in [2.75, 3.05) is 0 Å². The molecule has 0 fully saturated rings. The number of rotatable bonds is 6. The third-order valence-corrected chi connectivity index (χ3v) is 5.27. The molecule has 0 radical (unpaired) electrons. The van der Waals surface area contributed by atoms with Crippen molar-refractivity contribution in [3.63, 3.8) is 0 Å². The highest BCUT2D eigenvalue weighted by atomic mass is 19.4. The van der Waals surface area contributed by atoms with E-state index in [-0.39, 0.29) is 18.2 Å². The molecular formula is C24H15F12NO4. The van der Waals surface area contributed by atoms with Crippen LogP contribution in [0.4, 0.5) is 52.7 Å². The molecule has 0 amide bonds. The van der Waals surface area contributed by atoms with E-state index in [0.717, 1.165) is 6.92 Å². The maximum atomic E-state index is 13.5. The van der Waals surface area contributed by atoms with Gasteiger partial charge in [-0.1, -0.05) is 0 Å². The lowest BCUT2D eigenvalue weighted by molar-refractivity contribution is -0.155. The Bertz CT molecular complexity index is 1330. The second kappa shape index (κ2) is 11.5. The molecule has 224 valence electrons. The van der Waals surface area contributed by atoms with Crippen molar-refractivity contribution in [3.8, 4) is 17.6 Å². The van der Waals surface area contributed by atoms with E-state index < -0.39 is 106 Å². The molecule has 1 unspecified atom stereocenters. The molecule has 2 aromatic rings. The molecule has 0 aromatic heterocycles. The Balaban J connectivity index is 2.61. The molecule has 0 N–H and O–H groups in total. The number of nitrogens with zero attached hydrogens (tertiary/aromatic N) is 1. The summed E-state index contributed by atoms with van der Waals surface area (Å²) in [7, 11) is 0. The molecule has 2 rings (SSSR count).